The monoisotopic (exact) mass is 657 g/mol. The first-order chi connectivity index (χ1) is 23.4. The Balaban J connectivity index is 0.00000562. The number of nitrogens with zero attached hydrogens (tertiary/aromatic N) is 1. The molecule has 1 unspecified atom stereocenters. The molecule has 0 saturated heterocycles. The van der Waals surface area contributed by atoms with Gasteiger partial charge < -0.3 is 26.4 Å². The van der Waals surface area contributed by atoms with Crippen LogP contribution in [0.3, 0.4) is 0 Å². The van der Waals surface area contributed by atoms with Crippen molar-refractivity contribution in [1.82, 2.24) is 10.2 Å². The van der Waals surface area contributed by atoms with Crippen molar-refractivity contribution >= 4 is 34.3 Å². The lowest BCUT2D eigenvalue weighted by atomic mass is 9.87. The minimum absolute atomic E-state index is 0. The van der Waals surface area contributed by atoms with E-state index >= 15 is 0 Å². The SMILES string of the molecule is CC(C)(C)c1ccc(Oc2cccc(CN(C(=O)c3cccc(C(=N)N)c3)C(Cc3cccc4ccccc34)C(=O)NCC(N)=O)c2)cc1.[HH]. The molecule has 9 heteroatoms. The Labute approximate surface area is 287 Å². The van der Waals surface area contributed by atoms with Crippen LogP contribution in [0.4, 0.5) is 0 Å². The summed E-state index contributed by atoms with van der Waals surface area (Å²) in [5.41, 5.74) is 14.5. The Morgan fingerprint density at radius 2 is 1.49 bits per heavy atom. The maximum atomic E-state index is 14.5. The van der Waals surface area contributed by atoms with Crippen LogP contribution in [0, 0.1) is 5.41 Å². The highest BCUT2D eigenvalue weighted by Gasteiger charge is 2.32. The molecule has 0 spiro atoms. The molecule has 0 aromatic heterocycles. The average Bonchev–Trinajstić information content (AvgIpc) is 3.08. The minimum Gasteiger partial charge on any atom is -0.457 e. The molecule has 0 aliphatic rings. The van der Waals surface area contributed by atoms with Crippen molar-refractivity contribution in [3.8, 4) is 11.5 Å². The number of rotatable bonds is 12. The van der Waals surface area contributed by atoms with Gasteiger partial charge in [-0.2, -0.15) is 0 Å². The first-order valence-corrected chi connectivity index (χ1v) is 16.0. The molecular weight excluding hydrogens is 614 g/mol. The topological polar surface area (TPSA) is 152 Å². The van der Waals surface area contributed by atoms with Crippen LogP contribution in [0.1, 0.15) is 54.8 Å². The molecule has 0 bridgehead atoms. The zero-order valence-electron chi connectivity index (χ0n) is 27.9. The fourth-order valence-electron chi connectivity index (χ4n) is 5.69. The van der Waals surface area contributed by atoms with Gasteiger partial charge in [0.25, 0.3) is 5.91 Å². The number of hydrogen-bond acceptors (Lipinski definition) is 5. The number of fused-ring (bicyclic) bond motifs is 1. The van der Waals surface area contributed by atoms with Gasteiger partial charge in [-0.3, -0.25) is 19.8 Å². The molecule has 5 rings (SSSR count). The first-order valence-electron chi connectivity index (χ1n) is 16.0. The van der Waals surface area contributed by atoms with Crippen LogP contribution in [-0.2, 0) is 28.0 Å². The Bertz CT molecular complexity index is 2000. The van der Waals surface area contributed by atoms with E-state index in [1.54, 1.807) is 18.2 Å². The lowest BCUT2D eigenvalue weighted by Crippen LogP contribution is -2.51. The van der Waals surface area contributed by atoms with Crippen molar-refractivity contribution < 1.29 is 20.5 Å². The standard InChI is InChI=1S/C40H41N5O4.H2/c1-40(2,3)31-17-19-32(20-18-31)49-33-15-6-9-26(21-33)25-45(39(48)30-14-8-13-29(22-30)37(42)43)35(38(47)44-24-36(41)46)23-28-12-7-11-27-10-4-5-16-34(27)28;/h4-22,35H,23-25H2,1-3H3,(H2,41,46)(H3,42,43)(H,44,47);1H. The normalized spacial score (nSPS) is 11.8. The van der Waals surface area contributed by atoms with Crippen LogP contribution >= 0.6 is 0 Å². The summed E-state index contributed by atoms with van der Waals surface area (Å²) in [7, 11) is 0. The van der Waals surface area contributed by atoms with Crippen molar-refractivity contribution in [1.29, 1.82) is 5.41 Å². The van der Waals surface area contributed by atoms with Crippen LogP contribution in [0.5, 0.6) is 11.5 Å². The van der Waals surface area contributed by atoms with Crippen molar-refractivity contribution in [2.45, 2.75) is 45.2 Å². The van der Waals surface area contributed by atoms with E-state index in [2.05, 4.69) is 26.1 Å². The molecule has 5 aromatic rings. The predicted molar refractivity (Wildman–Crippen MR) is 195 cm³/mol. The molecule has 6 N–H and O–H groups in total. The van der Waals surface area contributed by atoms with Crippen LogP contribution in [0.2, 0.25) is 0 Å². The number of ether oxygens (including phenoxy) is 1. The molecule has 9 nitrogen and oxygen atoms in total. The molecule has 0 fully saturated rings. The van der Waals surface area contributed by atoms with E-state index in [1.165, 1.54) is 16.5 Å². The Morgan fingerprint density at radius 1 is 0.816 bits per heavy atom. The first kappa shape index (κ1) is 34.4. The number of nitrogen functional groups attached to an aromatic ring is 1. The number of carbonyl (C=O) groups excluding carboxylic acids is 3. The largest absolute Gasteiger partial charge is 0.457 e. The molecule has 0 aliphatic heterocycles. The number of hydrogen-bond donors (Lipinski definition) is 4. The fourth-order valence-corrected chi connectivity index (χ4v) is 5.69. The summed E-state index contributed by atoms with van der Waals surface area (Å²) >= 11 is 0. The number of nitrogens with one attached hydrogen (secondary N) is 2. The molecular formula is C40H43N5O4. The number of nitrogens with two attached hydrogens (primary N) is 2. The summed E-state index contributed by atoms with van der Waals surface area (Å²) in [6.07, 6.45) is 0.153. The Hall–Kier alpha value is -5.96. The summed E-state index contributed by atoms with van der Waals surface area (Å²) in [5, 5.41) is 12.5. The minimum atomic E-state index is -1.05. The second-order valence-electron chi connectivity index (χ2n) is 13.0. The van der Waals surface area contributed by atoms with Crippen LogP contribution in [0.15, 0.2) is 115 Å². The number of amidine groups is 1. The maximum absolute atomic E-state index is 14.5. The van der Waals surface area contributed by atoms with Gasteiger partial charge in [0, 0.05) is 25.5 Å². The molecule has 3 amide bonds. The zero-order chi connectivity index (χ0) is 35.1. The van der Waals surface area contributed by atoms with Gasteiger partial charge in [0.2, 0.25) is 11.8 Å². The molecule has 252 valence electrons. The smallest absolute Gasteiger partial charge is 0.254 e. The number of benzene rings is 5. The number of primary amides is 1. The molecule has 49 heavy (non-hydrogen) atoms. The molecule has 0 radical (unpaired) electrons. The third kappa shape index (κ3) is 8.70. The van der Waals surface area contributed by atoms with Gasteiger partial charge in [-0.15, -0.1) is 0 Å². The number of carbonyl (C=O) groups is 3. The van der Waals surface area contributed by atoms with Crippen molar-refractivity contribution in [3.05, 3.63) is 143 Å². The third-order valence-electron chi connectivity index (χ3n) is 8.30. The summed E-state index contributed by atoms with van der Waals surface area (Å²) in [5.74, 6) is -0.645. The van der Waals surface area contributed by atoms with Crippen LogP contribution < -0.4 is 21.5 Å². The zero-order valence-corrected chi connectivity index (χ0v) is 27.9. The van der Waals surface area contributed by atoms with E-state index in [4.69, 9.17) is 21.6 Å². The quantitative estimate of drug-likeness (QED) is 0.0915. The van der Waals surface area contributed by atoms with E-state index in [0.29, 0.717) is 22.6 Å². The van der Waals surface area contributed by atoms with Gasteiger partial charge in [-0.05, 0) is 69.3 Å². The van der Waals surface area contributed by atoms with Crippen LogP contribution in [0.25, 0.3) is 10.8 Å². The van der Waals surface area contributed by atoms with E-state index in [9.17, 15) is 14.4 Å². The van der Waals surface area contributed by atoms with E-state index in [0.717, 1.165) is 16.3 Å². The molecule has 0 aliphatic carbocycles. The van der Waals surface area contributed by atoms with Crippen molar-refractivity contribution in [2.75, 3.05) is 6.54 Å². The summed E-state index contributed by atoms with van der Waals surface area (Å²) < 4.78 is 6.20. The van der Waals surface area contributed by atoms with Crippen molar-refractivity contribution in [3.63, 3.8) is 0 Å². The Kier molecular flexibility index (Phi) is 10.4. The van der Waals surface area contributed by atoms with E-state index in [1.807, 2.05) is 91.0 Å². The summed E-state index contributed by atoms with van der Waals surface area (Å²) in [4.78, 5) is 41.6. The lowest BCUT2D eigenvalue weighted by Gasteiger charge is -2.32. The molecule has 5 aromatic carbocycles. The van der Waals surface area contributed by atoms with Gasteiger partial charge in [0.05, 0.1) is 6.54 Å². The van der Waals surface area contributed by atoms with Gasteiger partial charge in [0.1, 0.15) is 23.4 Å². The van der Waals surface area contributed by atoms with E-state index < -0.39 is 23.8 Å². The van der Waals surface area contributed by atoms with Crippen LogP contribution in [-0.4, -0.2) is 41.0 Å². The highest BCUT2D eigenvalue weighted by atomic mass is 16.5. The fraction of sp³-hybridized carbons (Fsp3) is 0.200. The highest BCUT2D eigenvalue weighted by molar-refractivity contribution is 6.02. The summed E-state index contributed by atoms with van der Waals surface area (Å²) in [6.45, 7) is 6.10. The average molecular weight is 658 g/mol. The third-order valence-corrected chi connectivity index (χ3v) is 8.30. The van der Waals surface area contributed by atoms with Gasteiger partial charge >= 0.3 is 0 Å². The second-order valence-corrected chi connectivity index (χ2v) is 13.0. The summed E-state index contributed by atoms with van der Waals surface area (Å²) in [6, 6.07) is 34.3. The lowest BCUT2D eigenvalue weighted by molar-refractivity contribution is -0.128. The van der Waals surface area contributed by atoms with Gasteiger partial charge in [0.15, 0.2) is 0 Å². The second kappa shape index (κ2) is 14.9. The van der Waals surface area contributed by atoms with Crippen molar-refractivity contribution in [2.24, 2.45) is 11.5 Å². The van der Waals surface area contributed by atoms with E-state index in [-0.39, 0.29) is 37.8 Å². The Morgan fingerprint density at radius 3 is 2.20 bits per heavy atom. The molecule has 1 atom stereocenters. The number of amides is 3. The highest BCUT2D eigenvalue weighted by Crippen LogP contribution is 2.29. The molecule has 0 heterocycles. The predicted octanol–water partition coefficient (Wildman–Crippen LogP) is 6.31. The van der Waals surface area contributed by atoms with Gasteiger partial charge in [-0.25, -0.2) is 0 Å². The van der Waals surface area contributed by atoms with Gasteiger partial charge in [-0.1, -0.05) is 99.6 Å². The maximum Gasteiger partial charge on any atom is 0.254 e. The molecule has 0 saturated carbocycles.